The van der Waals surface area contributed by atoms with Crippen molar-refractivity contribution in [1.82, 2.24) is 19.9 Å². The van der Waals surface area contributed by atoms with Crippen LogP contribution in [0, 0.1) is 22.0 Å². The van der Waals surface area contributed by atoms with Crippen molar-refractivity contribution in [1.29, 1.82) is 0 Å². The zero-order valence-electron chi connectivity index (χ0n) is 21.2. The Morgan fingerprint density at radius 1 is 1.13 bits per heavy atom. The summed E-state index contributed by atoms with van der Waals surface area (Å²) in [6, 6.07) is 18.1. The lowest BCUT2D eigenvalue weighted by Crippen LogP contribution is -2.61. The lowest BCUT2D eigenvalue weighted by Gasteiger charge is -2.54. The number of benzene rings is 2. The number of rotatable bonds is 5. The summed E-state index contributed by atoms with van der Waals surface area (Å²) < 4.78 is 1.87. The average molecular weight is 525 g/mol. The third kappa shape index (κ3) is 3.98. The maximum Gasteiger partial charge on any atom is 0.269 e. The third-order valence-electron chi connectivity index (χ3n) is 8.64. The van der Waals surface area contributed by atoms with E-state index in [1.807, 2.05) is 47.0 Å². The molecule has 3 aliphatic heterocycles. The van der Waals surface area contributed by atoms with Gasteiger partial charge in [0, 0.05) is 67.6 Å². The molecule has 1 amide bonds. The van der Waals surface area contributed by atoms with Gasteiger partial charge < -0.3 is 19.8 Å². The molecular weight excluding hydrogens is 496 g/mol. The Morgan fingerprint density at radius 2 is 2.00 bits per heavy atom. The van der Waals surface area contributed by atoms with Gasteiger partial charge >= 0.3 is 0 Å². The van der Waals surface area contributed by atoms with Crippen LogP contribution in [0.1, 0.15) is 29.4 Å². The topological polar surface area (TPSA) is 126 Å². The molecule has 4 atom stereocenters. The number of nitro groups is 1. The highest BCUT2D eigenvalue weighted by Crippen LogP contribution is 2.47. The maximum absolute atomic E-state index is 13.7. The van der Waals surface area contributed by atoms with Crippen LogP contribution in [0.15, 0.2) is 65.5 Å². The van der Waals surface area contributed by atoms with E-state index in [1.54, 1.807) is 18.2 Å². The highest BCUT2D eigenvalue weighted by molar-refractivity contribution is 5.82. The Hall–Kier alpha value is -4.47. The molecular formula is C29H28N6O4. The number of carbonyl (C=O) groups is 1. The molecule has 1 saturated heterocycles. The number of aromatic amines is 1. The fourth-order valence-electron chi connectivity index (χ4n) is 7.01. The summed E-state index contributed by atoms with van der Waals surface area (Å²) in [7, 11) is 0. The number of H-pyrrole nitrogens is 1. The molecule has 39 heavy (non-hydrogen) atoms. The number of nitrogens with zero attached hydrogens (tertiary/aromatic N) is 4. The molecule has 0 radical (unpaired) electrons. The van der Waals surface area contributed by atoms with Gasteiger partial charge in [-0.3, -0.25) is 19.7 Å². The van der Waals surface area contributed by atoms with Gasteiger partial charge in [0.05, 0.1) is 21.9 Å². The quantitative estimate of drug-likeness (QED) is 0.305. The molecule has 4 aromatic rings. The SMILES string of the molecule is O=C(NCCc1nc2ccccc2[nH]1)[C@@H]1Cc2cc([N+](=O)[O-])ccc2N2C[C@@H]3C[C@H](Cn4c3cccc4=O)[C@@H]12. The third-order valence-corrected chi connectivity index (χ3v) is 8.64. The molecule has 2 aromatic carbocycles. The van der Waals surface area contributed by atoms with Gasteiger partial charge in [-0.2, -0.15) is 0 Å². The molecule has 2 bridgehead atoms. The number of carbonyl (C=O) groups excluding carboxylic acids is 1. The molecule has 10 nitrogen and oxygen atoms in total. The molecule has 198 valence electrons. The Bertz CT molecular complexity index is 1640. The smallest absolute Gasteiger partial charge is 0.269 e. The molecule has 0 saturated carbocycles. The van der Waals surface area contributed by atoms with Gasteiger partial charge in [0.2, 0.25) is 5.91 Å². The second kappa shape index (κ2) is 9.07. The predicted octanol–water partition coefficient (Wildman–Crippen LogP) is 3.16. The zero-order chi connectivity index (χ0) is 26.7. The number of imidazole rings is 1. The molecule has 0 aliphatic carbocycles. The van der Waals surface area contributed by atoms with Crippen LogP contribution in [0.4, 0.5) is 11.4 Å². The van der Waals surface area contributed by atoms with E-state index in [0.717, 1.165) is 40.2 Å². The minimum Gasteiger partial charge on any atom is -0.366 e. The average Bonchev–Trinajstić information content (AvgIpc) is 3.35. The van der Waals surface area contributed by atoms with E-state index < -0.39 is 0 Å². The van der Waals surface area contributed by atoms with Crippen LogP contribution in [-0.2, 0) is 24.2 Å². The van der Waals surface area contributed by atoms with Gasteiger partial charge in [-0.1, -0.05) is 18.2 Å². The maximum atomic E-state index is 13.7. The number of fused-ring (bicyclic) bond motifs is 9. The standard InChI is InChI=1S/C29H28N6O4/c36-27-7-3-6-24-18-12-19(16-33(24)27)28-21(14-17-13-20(35(38)39)8-9-25(17)34(28)15-18)29(37)30-11-10-26-31-22-4-1-2-5-23(22)32-26/h1-9,13,18-19,21,28H,10-12,14-16H2,(H,30,37)(H,31,32)/t18-,19+,21+,28-/m0/s1. The van der Waals surface area contributed by atoms with Crippen LogP contribution in [0.3, 0.4) is 0 Å². The van der Waals surface area contributed by atoms with E-state index in [2.05, 4.69) is 20.2 Å². The van der Waals surface area contributed by atoms with E-state index in [1.165, 1.54) is 0 Å². The molecule has 1 fully saturated rings. The van der Waals surface area contributed by atoms with Crippen LogP contribution in [-0.4, -0.2) is 44.5 Å². The highest BCUT2D eigenvalue weighted by atomic mass is 16.6. The number of pyridine rings is 1. The molecule has 2 aromatic heterocycles. The van der Waals surface area contributed by atoms with Crippen LogP contribution >= 0.6 is 0 Å². The van der Waals surface area contributed by atoms with Crippen molar-refractivity contribution in [2.75, 3.05) is 18.0 Å². The molecule has 5 heterocycles. The second-order valence-corrected chi connectivity index (χ2v) is 10.9. The lowest BCUT2D eigenvalue weighted by atomic mass is 9.70. The Morgan fingerprint density at radius 3 is 2.85 bits per heavy atom. The van der Waals surface area contributed by atoms with Crippen molar-refractivity contribution in [2.24, 2.45) is 11.8 Å². The monoisotopic (exact) mass is 524 g/mol. The van der Waals surface area contributed by atoms with Crippen molar-refractivity contribution in [3.05, 3.63) is 98.2 Å². The van der Waals surface area contributed by atoms with Gasteiger partial charge in [0.1, 0.15) is 5.82 Å². The molecule has 0 unspecified atom stereocenters. The normalized spacial score (nSPS) is 23.0. The minimum absolute atomic E-state index is 0.00526. The van der Waals surface area contributed by atoms with E-state index in [-0.39, 0.29) is 45.9 Å². The van der Waals surface area contributed by atoms with Crippen LogP contribution in [0.2, 0.25) is 0 Å². The zero-order valence-corrected chi connectivity index (χ0v) is 21.2. The summed E-state index contributed by atoms with van der Waals surface area (Å²) in [5, 5.41) is 14.6. The number of aromatic nitrogens is 3. The van der Waals surface area contributed by atoms with Crippen molar-refractivity contribution in [3.63, 3.8) is 0 Å². The molecule has 3 aliphatic rings. The number of nitro benzene ring substituents is 1. The van der Waals surface area contributed by atoms with Gasteiger partial charge in [0.15, 0.2) is 0 Å². The highest BCUT2D eigenvalue weighted by Gasteiger charge is 2.49. The van der Waals surface area contributed by atoms with E-state index >= 15 is 0 Å². The first kappa shape index (κ1) is 23.6. The number of anilines is 1. The van der Waals surface area contributed by atoms with Gasteiger partial charge in [-0.25, -0.2) is 4.98 Å². The molecule has 10 heteroatoms. The fraction of sp³-hybridized carbons (Fsp3) is 0.345. The second-order valence-electron chi connectivity index (χ2n) is 10.9. The van der Waals surface area contributed by atoms with Gasteiger partial charge in [0.25, 0.3) is 11.2 Å². The summed E-state index contributed by atoms with van der Waals surface area (Å²) in [5.41, 5.74) is 4.69. The number of hydrogen-bond donors (Lipinski definition) is 2. The van der Waals surface area contributed by atoms with Crippen LogP contribution in [0.25, 0.3) is 11.0 Å². The fourth-order valence-corrected chi connectivity index (χ4v) is 7.01. The molecule has 2 N–H and O–H groups in total. The van der Waals surface area contributed by atoms with E-state index in [0.29, 0.717) is 32.5 Å². The number of para-hydroxylation sites is 2. The first-order valence-electron chi connectivity index (χ1n) is 13.4. The lowest BCUT2D eigenvalue weighted by molar-refractivity contribution is -0.384. The van der Waals surface area contributed by atoms with Crippen molar-refractivity contribution in [2.45, 2.75) is 37.8 Å². The summed E-state index contributed by atoms with van der Waals surface area (Å²) in [5.74, 6) is 0.633. The predicted molar refractivity (Wildman–Crippen MR) is 146 cm³/mol. The number of piperidine rings is 1. The first-order valence-corrected chi connectivity index (χ1v) is 13.4. The minimum atomic E-state index is -0.387. The van der Waals surface area contributed by atoms with Gasteiger partial charge in [-0.05, 0) is 48.6 Å². The van der Waals surface area contributed by atoms with Crippen molar-refractivity contribution >= 4 is 28.3 Å². The van der Waals surface area contributed by atoms with Crippen LogP contribution in [0.5, 0.6) is 0 Å². The molecule has 0 spiro atoms. The Kier molecular flexibility index (Phi) is 5.50. The summed E-state index contributed by atoms with van der Waals surface area (Å²) in [4.78, 5) is 47.8. The number of amides is 1. The van der Waals surface area contributed by atoms with Crippen molar-refractivity contribution in [3.8, 4) is 0 Å². The summed E-state index contributed by atoms with van der Waals surface area (Å²) in [6.07, 6.45) is 1.90. The number of non-ortho nitro benzene ring substituents is 1. The van der Waals surface area contributed by atoms with E-state index in [4.69, 9.17) is 0 Å². The largest absolute Gasteiger partial charge is 0.366 e. The first-order chi connectivity index (χ1) is 19.0. The van der Waals surface area contributed by atoms with E-state index in [9.17, 15) is 19.7 Å². The summed E-state index contributed by atoms with van der Waals surface area (Å²) in [6.45, 7) is 1.66. The Labute approximate surface area is 223 Å². The van der Waals surface area contributed by atoms with Crippen LogP contribution < -0.4 is 15.8 Å². The van der Waals surface area contributed by atoms with Gasteiger partial charge in [-0.15, -0.1) is 0 Å². The number of hydrogen-bond acceptors (Lipinski definition) is 6. The Balaban J connectivity index is 1.18. The summed E-state index contributed by atoms with van der Waals surface area (Å²) >= 11 is 0. The van der Waals surface area contributed by atoms with Crippen molar-refractivity contribution < 1.29 is 9.72 Å². The number of nitrogens with one attached hydrogen (secondary N) is 2. The molecule has 7 rings (SSSR count).